The van der Waals surface area contributed by atoms with Crippen LogP contribution in [0.25, 0.3) is 0 Å². The van der Waals surface area contributed by atoms with E-state index < -0.39 is 35.3 Å². The van der Waals surface area contributed by atoms with Crippen LogP contribution in [0.1, 0.15) is 28.7 Å². The summed E-state index contributed by atoms with van der Waals surface area (Å²) in [4.78, 5) is 25.8. The number of methoxy groups -OCH3 is 2. The molecule has 0 saturated carbocycles. The number of hydrogen-bond acceptors (Lipinski definition) is 6. The van der Waals surface area contributed by atoms with Crippen LogP contribution < -0.4 is 14.8 Å². The van der Waals surface area contributed by atoms with Gasteiger partial charge in [0.05, 0.1) is 13.5 Å². The Morgan fingerprint density at radius 2 is 1.24 bits per heavy atom. The molecule has 0 aliphatic heterocycles. The van der Waals surface area contributed by atoms with Crippen molar-refractivity contribution in [2.75, 3.05) is 14.2 Å². The van der Waals surface area contributed by atoms with Gasteiger partial charge >= 0.3 is 12.1 Å². The number of alkyl halides is 3. The monoisotopic (exact) mass is 621 g/mol. The Morgan fingerprint density at radius 3 is 1.76 bits per heavy atom. The largest absolute Gasteiger partial charge is 0.485 e. The van der Waals surface area contributed by atoms with E-state index in [2.05, 4.69) is 5.32 Å². The van der Waals surface area contributed by atoms with Crippen LogP contribution in [0.4, 0.5) is 13.2 Å². The first-order valence-corrected chi connectivity index (χ1v) is 14.2. The molecule has 7 nitrogen and oxygen atoms in total. The maximum atomic E-state index is 14.5. The molecule has 1 N–H and O–H groups in total. The summed E-state index contributed by atoms with van der Waals surface area (Å²) in [5, 5.41) is 2.41. The molecule has 4 aromatic carbocycles. The number of halogens is 3. The molecule has 0 bridgehead atoms. The molecule has 45 heavy (non-hydrogen) atoms. The molecule has 4 rings (SSSR count). The van der Waals surface area contributed by atoms with Crippen molar-refractivity contribution in [3.8, 4) is 11.5 Å². The molecule has 0 aliphatic rings. The van der Waals surface area contributed by atoms with Crippen molar-refractivity contribution in [1.29, 1.82) is 0 Å². The Kier molecular flexibility index (Phi) is 11.2. The summed E-state index contributed by atoms with van der Waals surface area (Å²) in [5.41, 5.74) is -1.26. The first-order chi connectivity index (χ1) is 21.7. The first kappa shape index (κ1) is 33.1. The molecule has 0 aliphatic carbocycles. The van der Waals surface area contributed by atoms with Crippen LogP contribution >= 0.6 is 0 Å². The molecular weight excluding hydrogens is 587 g/mol. The van der Waals surface area contributed by atoms with Gasteiger partial charge in [0.1, 0.15) is 13.2 Å². The smallest absolute Gasteiger partial charge is 0.430 e. The van der Waals surface area contributed by atoms with Crippen molar-refractivity contribution in [2.45, 2.75) is 43.9 Å². The van der Waals surface area contributed by atoms with Crippen LogP contribution in [0.15, 0.2) is 109 Å². The number of benzene rings is 4. The van der Waals surface area contributed by atoms with Gasteiger partial charge in [0, 0.05) is 18.7 Å². The van der Waals surface area contributed by atoms with Crippen molar-refractivity contribution in [3.05, 3.63) is 131 Å². The number of carbonyl (C=O) groups excluding carboxylic acids is 2. The summed E-state index contributed by atoms with van der Waals surface area (Å²) in [6, 6.07) is 29.7. The molecule has 1 amide bonds. The highest BCUT2D eigenvalue weighted by Gasteiger charge is 2.62. The molecule has 0 spiro atoms. The molecule has 0 aromatic heterocycles. The Labute approximate surface area is 259 Å². The highest BCUT2D eigenvalue weighted by Crippen LogP contribution is 2.42. The lowest BCUT2D eigenvalue weighted by atomic mass is 9.90. The molecule has 2 atom stereocenters. The van der Waals surface area contributed by atoms with E-state index in [4.69, 9.17) is 18.9 Å². The molecule has 0 unspecified atom stereocenters. The SMILES string of the molecule is COC(=O)C[C@H](Cc1ccc(OCc2ccccc2)c(OCc2ccccc2)c1)NC(=O)[C@@](OC)(c1ccccc1)C(F)(F)F. The lowest BCUT2D eigenvalue weighted by molar-refractivity contribution is -0.266. The Hall–Kier alpha value is -4.83. The van der Waals surface area contributed by atoms with Gasteiger partial charge in [-0.25, -0.2) is 0 Å². The van der Waals surface area contributed by atoms with Crippen molar-refractivity contribution in [3.63, 3.8) is 0 Å². The van der Waals surface area contributed by atoms with Gasteiger partial charge in [-0.2, -0.15) is 13.2 Å². The van der Waals surface area contributed by atoms with E-state index in [1.165, 1.54) is 18.2 Å². The predicted octanol–water partition coefficient (Wildman–Crippen LogP) is 6.54. The lowest BCUT2D eigenvalue weighted by Crippen LogP contribution is -2.58. The molecule has 4 aromatic rings. The van der Waals surface area contributed by atoms with E-state index >= 15 is 0 Å². The number of esters is 1. The third-order valence-electron chi connectivity index (χ3n) is 7.15. The molecule has 236 valence electrons. The summed E-state index contributed by atoms with van der Waals surface area (Å²) in [6.45, 7) is 0.506. The van der Waals surface area contributed by atoms with Crippen LogP contribution in [0.5, 0.6) is 11.5 Å². The second-order valence-electron chi connectivity index (χ2n) is 10.2. The van der Waals surface area contributed by atoms with Gasteiger partial charge in [-0.3, -0.25) is 9.59 Å². The van der Waals surface area contributed by atoms with Crippen molar-refractivity contribution < 1.29 is 41.7 Å². The molecule has 0 radical (unpaired) electrons. The third kappa shape index (κ3) is 8.42. The number of amides is 1. The van der Waals surface area contributed by atoms with Crippen LogP contribution in [0.2, 0.25) is 0 Å². The topological polar surface area (TPSA) is 83.1 Å². The number of ether oxygens (including phenoxy) is 4. The standard InChI is InChI=1S/C35H34F3NO6/c1-42-32(40)22-29(39-33(41)34(43-2,35(36,37)38)28-16-10-5-11-17-28)20-27-18-19-30(44-23-25-12-6-3-7-13-25)31(21-27)45-24-26-14-8-4-9-15-26/h3-19,21,29H,20,22-24H2,1-2H3,(H,39,41)/t29-,34-/m0/s1. The highest BCUT2D eigenvalue weighted by molar-refractivity contribution is 5.88. The maximum Gasteiger partial charge on any atom is 0.430 e. The maximum absolute atomic E-state index is 14.5. The summed E-state index contributed by atoms with van der Waals surface area (Å²) in [6.07, 6.45) is -5.52. The molecule has 0 fully saturated rings. The number of rotatable bonds is 14. The Balaban J connectivity index is 1.62. The Bertz CT molecular complexity index is 1530. The minimum Gasteiger partial charge on any atom is -0.485 e. The van der Waals surface area contributed by atoms with E-state index in [0.29, 0.717) is 17.1 Å². The lowest BCUT2D eigenvalue weighted by Gasteiger charge is -2.34. The number of hydrogen-bond donors (Lipinski definition) is 1. The van der Waals surface area contributed by atoms with Gasteiger partial charge in [-0.05, 0) is 35.2 Å². The minimum absolute atomic E-state index is 0.0199. The van der Waals surface area contributed by atoms with Gasteiger partial charge in [-0.1, -0.05) is 97.1 Å². The van der Waals surface area contributed by atoms with E-state index in [9.17, 15) is 22.8 Å². The summed E-state index contributed by atoms with van der Waals surface area (Å²) < 4.78 is 65.4. The fraction of sp³-hybridized carbons (Fsp3) is 0.257. The van der Waals surface area contributed by atoms with E-state index in [0.717, 1.165) is 37.5 Å². The second kappa shape index (κ2) is 15.3. The quantitative estimate of drug-likeness (QED) is 0.161. The normalized spacial score (nSPS) is 13.3. The van der Waals surface area contributed by atoms with Crippen LogP contribution in [-0.4, -0.2) is 38.3 Å². The zero-order chi connectivity index (χ0) is 32.3. The molecule has 0 saturated heterocycles. The van der Waals surface area contributed by atoms with Gasteiger partial charge < -0.3 is 24.3 Å². The summed E-state index contributed by atoms with van der Waals surface area (Å²) in [7, 11) is 1.98. The van der Waals surface area contributed by atoms with E-state index in [-0.39, 0.29) is 26.1 Å². The zero-order valence-corrected chi connectivity index (χ0v) is 24.9. The average molecular weight is 622 g/mol. The first-order valence-electron chi connectivity index (χ1n) is 14.2. The van der Waals surface area contributed by atoms with Gasteiger partial charge in [0.2, 0.25) is 0 Å². The molecule has 0 heterocycles. The van der Waals surface area contributed by atoms with Gasteiger partial charge in [-0.15, -0.1) is 0 Å². The van der Waals surface area contributed by atoms with E-state index in [1.54, 1.807) is 18.2 Å². The van der Waals surface area contributed by atoms with Crippen LogP contribution in [0, 0.1) is 0 Å². The van der Waals surface area contributed by atoms with Gasteiger partial charge in [0.15, 0.2) is 11.5 Å². The number of carbonyl (C=O) groups is 2. The molecular formula is C35H34F3NO6. The summed E-state index contributed by atoms with van der Waals surface area (Å²) in [5.74, 6) is -1.33. The number of nitrogens with one attached hydrogen (secondary N) is 1. The van der Waals surface area contributed by atoms with Gasteiger partial charge in [0.25, 0.3) is 11.5 Å². The highest BCUT2D eigenvalue weighted by atomic mass is 19.4. The van der Waals surface area contributed by atoms with Crippen molar-refractivity contribution in [1.82, 2.24) is 5.32 Å². The predicted molar refractivity (Wildman–Crippen MR) is 161 cm³/mol. The molecule has 10 heteroatoms. The average Bonchev–Trinajstić information content (AvgIpc) is 3.04. The fourth-order valence-electron chi connectivity index (χ4n) is 4.84. The summed E-state index contributed by atoms with van der Waals surface area (Å²) >= 11 is 0. The minimum atomic E-state index is -5.11. The Morgan fingerprint density at radius 1 is 0.711 bits per heavy atom. The zero-order valence-electron chi connectivity index (χ0n) is 24.9. The van der Waals surface area contributed by atoms with Crippen LogP contribution in [0.3, 0.4) is 0 Å². The van der Waals surface area contributed by atoms with Crippen molar-refractivity contribution in [2.24, 2.45) is 0 Å². The second-order valence-corrected chi connectivity index (χ2v) is 10.2. The van der Waals surface area contributed by atoms with E-state index in [1.807, 2.05) is 60.7 Å². The van der Waals surface area contributed by atoms with Crippen LogP contribution in [-0.2, 0) is 44.3 Å². The fourth-order valence-corrected chi connectivity index (χ4v) is 4.84. The van der Waals surface area contributed by atoms with Crippen molar-refractivity contribution >= 4 is 11.9 Å². The third-order valence-corrected chi connectivity index (χ3v) is 7.15.